The number of hydrogen-bond acceptors (Lipinski definition) is 4. The molecule has 0 aliphatic carbocycles. The van der Waals surface area contributed by atoms with Crippen LogP contribution in [0.5, 0.6) is 0 Å². The summed E-state index contributed by atoms with van der Waals surface area (Å²) in [6, 6.07) is 10.4. The fourth-order valence-electron chi connectivity index (χ4n) is 3.24. The molecule has 0 aliphatic rings. The Balaban J connectivity index is 1.58. The highest BCUT2D eigenvalue weighted by Crippen LogP contribution is 2.08. The fraction of sp³-hybridized carbons (Fsp3) is 0.400. The van der Waals surface area contributed by atoms with Crippen LogP contribution in [-0.2, 0) is 17.6 Å². The third-order valence-electron chi connectivity index (χ3n) is 4.71. The Hall–Kier alpha value is -2.96. The first-order valence-electron chi connectivity index (χ1n) is 9.22. The molecule has 0 fully saturated rings. The molecule has 0 bridgehead atoms. The Kier molecular flexibility index (Phi) is 5.69. The molecular formula is C20H25N5O2. The number of aromatic amines is 1. The first-order chi connectivity index (χ1) is 13.0. The monoisotopic (exact) mass is 367 g/mol. The van der Waals surface area contributed by atoms with Crippen LogP contribution in [0.2, 0.25) is 0 Å². The molecule has 142 valence electrons. The van der Waals surface area contributed by atoms with Crippen molar-refractivity contribution in [2.24, 2.45) is 0 Å². The minimum atomic E-state index is -0.240. The van der Waals surface area contributed by atoms with E-state index in [0.717, 1.165) is 19.3 Å². The zero-order valence-electron chi connectivity index (χ0n) is 16.0. The summed E-state index contributed by atoms with van der Waals surface area (Å²) in [4.78, 5) is 29.4. The van der Waals surface area contributed by atoms with Crippen LogP contribution in [0.1, 0.15) is 42.4 Å². The number of rotatable bonds is 7. The Labute approximate surface area is 157 Å². The fourth-order valence-corrected chi connectivity index (χ4v) is 3.24. The summed E-state index contributed by atoms with van der Waals surface area (Å²) in [6.45, 7) is 5.45. The number of benzene rings is 1. The summed E-state index contributed by atoms with van der Waals surface area (Å²) in [5, 5.41) is 9.71. The van der Waals surface area contributed by atoms with Crippen molar-refractivity contribution >= 4 is 11.7 Å². The highest BCUT2D eigenvalue weighted by atomic mass is 16.2. The van der Waals surface area contributed by atoms with Crippen molar-refractivity contribution in [3.63, 3.8) is 0 Å². The molecule has 2 aromatic heterocycles. The number of fused-ring (bicyclic) bond motifs is 1. The van der Waals surface area contributed by atoms with E-state index < -0.39 is 0 Å². The number of aryl methyl sites for hydroxylation is 3. The van der Waals surface area contributed by atoms with Crippen molar-refractivity contribution < 1.29 is 4.79 Å². The third kappa shape index (κ3) is 4.42. The zero-order chi connectivity index (χ0) is 19.4. The molecule has 1 atom stereocenters. The van der Waals surface area contributed by atoms with Crippen LogP contribution in [-0.4, -0.2) is 31.5 Å². The normalized spacial score (nSPS) is 12.3. The number of amides is 1. The summed E-state index contributed by atoms with van der Waals surface area (Å²) >= 11 is 0. The van der Waals surface area contributed by atoms with E-state index in [-0.39, 0.29) is 23.9 Å². The van der Waals surface area contributed by atoms with Crippen LogP contribution in [0.4, 0.5) is 0 Å². The smallest absolute Gasteiger partial charge is 0.264 e. The predicted molar refractivity (Wildman–Crippen MR) is 104 cm³/mol. The lowest BCUT2D eigenvalue weighted by atomic mass is 10.1. The maximum Gasteiger partial charge on any atom is 0.264 e. The summed E-state index contributed by atoms with van der Waals surface area (Å²) < 4.78 is 1.40. The molecule has 1 amide bonds. The molecule has 0 spiro atoms. The lowest BCUT2D eigenvalue weighted by molar-refractivity contribution is -0.121. The average Bonchev–Trinajstić information content (AvgIpc) is 3.00. The van der Waals surface area contributed by atoms with Gasteiger partial charge in [0.25, 0.3) is 5.56 Å². The molecule has 0 saturated heterocycles. The number of nitrogens with one attached hydrogen (secondary N) is 2. The molecule has 3 rings (SSSR count). The largest absolute Gasteiger partial charge is 0.353 e. The molecule has 0 saturated carbocycles. The van der Waals surface area contributed by atoms with Crippen molar-refractivity contribution in [2.75, 3.05) is 0 Å². The van der Waals surface area contributed by atoms with E-state index in [1.165, 1.54) is 9.96 Å². The molecule has 3 aromatic rings. The van der Waals surface area contributed by atoms with Gasteiger partial charge in [0.15, 0.2) is 0 Å². The van der Waals surface area contributed by atoms with E-state index in [9.17, 15) is 9.59 Å². The number of H-pyrrole nitrogens is 1. The summed E-state index contributed by atoms with van der Waals surface area (Å²) in [5.74, 6) is 0.761. The molecule has 0 radical (unpaired) electrons. The van der Waals surface area contributed by atoms with Crippen LogP contribution in [0, 0.1) is 13.8 Å². The molecule has 2 heterocycles. The van der Waals surface area contributed by atoms with Crippen molar-refractivity contribution in [3.8, 4) is 0 Å². The zero-order valence-corrected chi connectivity index (χ0v) is 16.0. The molecule has 27 heavy (non-hydrogen) atoms. The second-order valence-corrected chi connectivity index (χ2v) is 6.93. The predicted octanol–water partition coefficient (Wildman–Crippen LogP) is 2.10. The molecule has 0 aliphatic heterocycles. The third-order valence-corrected chi connectivity index (χ3v) is 4.71. The molecule has 0 unspecified atom stereocenters. The SMILES string of the molecule is Cc1nc2[nH]nc(C)n2c(=O)c1CC(=O)N[C@H](C)CCCc1ccccc1. The van der Waals surface area contributed by atoms with Crippen molar-refractivity contribution in [1.29, 1.82) is 0 Å². The van der Waals surface area contributed by atoms with E-state index in [1.54, 1.807) is 13.8 Å². The average molecular weight is 367 g/mol. The van der Waals surface area contributed by atoms with Crippen LogP contribution < -0.4 is 10.9 Å². The van der Waals surface area contributed by atoms with Crippen molar-refractivity contribution in [1.82, 2.24) is 24.9 Å². The Morgan fingerprint density at radius 3 is 2.74 bits per heavy atom. The summed E-state index contributed by atoms with van der Waals surface area (Å²) in [5.41, 5.74) is 2.02. The molecule has 7 heteroatoms. The molecular weight excluding hydrogens is 342 g/mol. The minimum absolute atomic E-state index is 0.0221. The first kappa shape index (κ1) is 18.8. The minimum Gasteiger partial charge on any atom is -0.353 e. The first-order valence-corrected chi connectivity index (χ1v) is 9.22. The van der Waals surface area contributed by atoms with Crippen molar-refractivity contribution in [2.45, 2.75) is 52.5 Å². The number of hydrogen-bond donors (Lipinski definition) is 2. The lowest BCUT2D eigenvalue weighted by Gasteiger charge is -2.14. The van der Waals surface area contributed by atoms with Gasteiger partial charge in [0.1, 0.15) is 5.82 Å². The van der Waals surface area contributed by atoms with Gasteiger partial charge in [-0.05, 0) is 45.6 Å². The van der Waals surface area contributed by atoms with Gasteiger partial charge in [-0.3, -0.25) is 9.59 Å². The van der Waals surface area contributed by atoms with Gasteiger partial charge in [0.2, 0.25) is 11.7 Å². The Morgan fingerprint density at radius 2 is 2.00 bits per heavy atom. The van der Waals surface area contributed by atoms with Gasteiger partial charge in [-0.2, -0.15) is 5.10 Å². The maximum atomic E-state index is 12.7. The second-order valence-electron chi connectivity index (χ2n) is 6.93. The van der Waals surface area contributed by atoms with Crippen LogP contribution in [0.15, 0.2) is 35.1 Å². The number of carbonyl (C=O) groups excluding carboxylic acids is 1. The summed E-state index contributed by atoms with van der Waals surface area (Å²) in [7, 11) is 0. The Bertz CT molecular complexity index is 991. The number of aromatic nitrogens is 4. The van der Waals surface area contributed by atoms with E-state index in [1.807, 2.05) is 25.1 Å². The number of carbonyl (C=O) groups is 1. The van der Waals surface area contributed by atoms with Gasteiger partial charge in [-0.15, -0.1) is 0 Å². The van der Waals surface area contributed by atoms with E-state index >= 15 is 0 Å². The number of nitrogens with zero attached hydrogens (tertiary/aromatic N) is 3. The second kappa shape index (κ2) is 8.16. The molecule has 7 nitrogen and oxygen atoms in total. The molecule has 1 aromatic carbocycles. The lowest BCUT2D eigenvalue weighted by Crippen LogP contribution is -2.36. The van der Waals surface area contributed by atoms with Gasteiger partial charge in [-0.25, -0.2) is 14.5 Å². The van der Waals surface area contributed by atoms with E-state index in [0.29, 0.717) is 22.9 Å². The van der Waals surface area contributed by atoms with Gasteiger partial charge in [0, 0.05) is 11.6 Å². The van der Waals surface area contributed by atoms with Gasteiger partial charge in [-0.1, -0.05) is 30.3 Å². The van der Waals surface area contributed by atoms with E-state index in [2.05, 4.69) is 32.6 Å². The van der Waals surface area contributed by atoms with Gasteiger partial charge >= 0.3 is 0 Å². The highest BCUT2D eigenvalue weighted by molar-refractivity contribution is 5.79. The topological polar surface area (TPSA) is 92.2 Å². The molecule has 2 N–H and O–H groups in total. The van der Waals surface area contributed by atoms with Crippen LogP contribution in [0.3, 0.4) is 0 Å². The maximum absolute atomic E-state index is 12.7. The van der Waals surface area contributed by atoms with Crippen molar-refractivity contribution in [3.05, 3.63) is 63.3 Å². The Morgan fingerprint density at radius 1 is 1.26 bits per heavy atom. The standard InChI is InChI=1S/C20H25N5O2/c1-13(8-7-11-16-9-5-4-6-10-16)21-18(26)12-17-14(2)22-20-24-23-15(3)25(20)19(17)27/h4-6,9-10,13H,7-8,11-12H2,1-3H3,(H,21,26)(H,22,24)/t13-/m1/s1. The van der Waals surface area contributed by atoms with Crippen LogP contribution >= 0.6 is 0 Å². The van der Waals surface area contributed by atoms with Gasteiger partial charge < -0.3 is 5.32 Å². The highest BCUT2D eigenvalue weighted by Gasteiger charge is 2.17. The summed E-state index contributed by atoms with van der Waals surface area (Å²) in [6.07, 6.45) is 2.89. The van der Waals surface area contributed by atoms with E-state index in [4.69, 9.17) is 0 Å². The van der Waals surface area contributed by atoms with Gasteiger partial charge in [0.05, 0.1) is 12.1 Å². The van der Waals surface area contributed by atoms with Crippen LogP contribution in [0.25, 0.3) is 5.78 Å². The quantitative estimate of drug-likeness (QED) is 0.669.